The summed E-state index contributed by atoms with van der Waals surface area (Å²) in [5.41, 5.74) is 4.71. The quantitative estimate of drug-likeness (QED) is 0.154. The zero-order valence-electron chi connectivity index (χ0n) is 16.8. The summed E-state index contributed by atoms with van der Waals surface area (Å²) in [5, 5.41) is 12.1. The Morgan fingerprint density at radius 2 is 1.68 bits per heavy atom. The van der Waals surface area contributed by atoms with Crippen molar-refractivity contribution in [2.75, 3.05) is 6.26 Å². The lowest BCUT2D eigenvalue weighted by Gasteiger charge is -2.12. The van der Waals surface area contributed by atoms with Crippen LogP contribution in [0.15, 0.2) is 77.7 Å². The average molecular weight is 453 g/mol. The number of benzene rings is 3. The number of thioether (sulfide) groups is 1. The summed E-state index contributed by atoms with van der Waals surface area (Å²) in [6.07, 6.45) is 3.82. The number of nitrogens with one attached hydrogen (secondary N) is 2. The van der Waals surface area contributed by atoms with Crippen LogP contribution in [0.4, 0.5) is 0 Å². The van der Waals surface area contributed by atoms with E-state index in [-0.39, 0.29) is 12.5 Å². The molecule has 5 nitrogen and oxygen atoms in total. The Balaban J connectivity index is 1.83. The molecule has 3 aromatic rings. The summed E-state index contributed by atoms with van der Waals surface area (Å²) < 4.78 is 0. The fourth-order valence-electron chi connectivity index (χ4n) is 2.93. The van der Waals surface area contributed by atoms with Crippen molar-refractivity contribution in [1.82, 2.24) is 10.8 Å². The molecule has 0 aliphatic heterocycles. The van der Waals surface area contributed by atoms with E-state index < -0.39 is 5.91 Å². The lowest BCUT2D eigenvalue weighted by molar-refractivity contribution is -0.115. The van der Waals surface area contributed by atoms with Gasteiger partial charge in [0.2, 0.25) is 0 Å². The van der Waals surface area contributed by atoms with E-state index >= 15 is 0 Å². The largest absolute Gasteiger partial charge is 0.348 e. The Morgan fingerprint density at radius 1 is 1.00 bits per heavy atom. The molecular weight excluding hydrogens is 432 g/mol. The van der Waals surface area contributed by atoms with Crippen LogP contribution in [0, 0.1) is 0 Å². The molecule has 0 spiro atoms. The highest BCUT2D eigenvalue weighted by Gasteiger charge is 2.15. The van der Waals surface area contributed by atoms with E-state index in [0.717, 1.165) is 16.0 Å². The molecule has 0 aliphatic carbocycles. The highest BCUT2D eigenvalue weighted by molar-refractivity contribution is 7.98. The van der Waals surface area contributed by atoms with E-state index in [4.69, 9.17) is 16.8 Å². The number of hydrogen-bond acceptors (Lipinski definition) is 4. The molecule has 3 N–H and O–H groups in total. The first-order valence-corrected chi connectivity index (χ1v) is 11.0. The number of hydrogen-bond donors (Lipinski definition) is 3. The first kappa shape index (κ1) is 22.6. The minimum Gasteiger partial charge on any atom is -0.348 e. The van der Waals surface area contributed by atoms with Gasteiger partial charge in [-0.3, -0.25) is 14.8 Å². The molecule has 0 fully saturated rings. The fourth-order valence-corrected chi connectivity index (χ4v) is 3.57. The lowest BCUT2D eigenvalue weighted by atomic mass is 10.0. The Morgan fingerprint density at radius 3 is 2.29 bits per heavy atom. The number of carbonyl (C=O) groups excluding carboxylic acids is 2. The van der Waals surface area contributed by atoms with Crippen LogP contribution in [0.3, 0.4) is 0 Å². The molecule has 0 atom stereocenters. The standard InChI is InChI=1S/C24H21ClN2O3S/c1-31-19-12-8-16(9-13-19)14-21(20-4-2-3-5-22(20)25)24(29)26-15-17-6-10-18(11-7-17)23(28)27-30/h2-14,30H,15H2,1H3,(H,26,29)(H,27,28). The van der Waals surface area contributed by atoms with Gasteiger partial charge in [0, 0.05) is 33.2 Å². The van der Waals surface area contributed by atoms with E-state index in [9.17, 15) is 9.59 Å². The first-order chi connectivity index (χ1) is 15.0. The summed E-state index contributed by atoms with van der Waals surface area (Å²) in [6, 6.07) is 21.7. The van der Waals surface area contributed by atoms with Gasteiger partial charge in [-0.2, -0.15) is 0 Å². The molecule has 158 valence electrons. The maximum absolute atomic E-state index is 13.1. The van der Waals surface area contributed by atoms with Crippen LogP contribution >= 0.6 is 23.4 Å². The Labute approximate surface area is 190 Å². The van der Waals surface area contributed by atoms with Crippen LogP contribution in [0.5, 0.6) is 0 Å². The molecule has 0 bridgehead atoms. The van der Waals surface area contributed by atoms with Gasteiger partial charge in [0.15, 0.2) is 0 Å². The second-order valence-electron chi connectivity index (χ2n) is 6.63. The van der Waals surface area contributed by atoms with Crippen molar-refractivity contribution < 1.29 is 14.8 Å². The van der Waals surface area contributed by atoms with Gasteiger partial charge >= 0.3 is 0 Å². The maximum Gasteiger partial charge on any atom is 0.274 e. The van der Waals surface area contributed by atoms with Crippen LogP contribution in [0.1, 0.15) is 27.0 Å². The van der Waals surface area contributed by atoms with Crippen LogP contribution < -0.4 is 10.8 Å². The van der Waals surface area contributed by atoms with E-state index in [1.807, 2.05) is 54.8 Å². The normalized spacial score (nSPS) is 11.1. The van der Waals surface area contributed by atoms with Crippen molar-refractivity contribution in [3.05, 3.63) is 100 Å². The zero-order valence-corrected chi connectivity index (χ0v) is 18.3. The van der Waals surface area contributed by atoms with Crippen molar-refractivity contribution in [3.63, 3.8) is 0 Å². The molecule has 0 saturated carbocycles. The van der Waals surface area contributed by atoms with Crippen LogP contribution in [-0.2, 0) is 11.3 Å². The van der Waals surface area contributed by atoms with Gasteiger partial charge in [-0.25, -0.2) is 5.48 Å². The molecule has 7 heteroatoms. The number of amides is 2. The molecule has 3 aromatic carbocycles. The summed E-state index contributed by atoms with van der Waals surface area (Å²) in [4.78, 5) is 25.6. The maximum atomic E-state index is 13.1. The summed E-state index contributed by atoms with van der Waals surface area (Å²) >= 11 is 8.02. The van der Waals surface area contributed by atoms with Crippen molar-refractivity contribution in [3.8, 4) is 0 Å². The average Bonchev–Trinajstić information content (AvgIpc) is 2.81. The Bertz CT molecular complexity index is 1100. The zero-order chi connectivity index (χ0) is 22.2. The molecular formula is C24H21ClN2O3S. The second kappa shape index (κ2) is 10.8. The van der Waals surface area contributed by atoms with Gasteiger partial charge in [-0.05, 0) is 53.8 Å². The number of rotatable bonds is 7. The highest BCUT2D eigenvalue weighted by Crippen LogP contribution is 2.27. The smallest absolute Gasteiger partial charge is 0.274 e. The fraction of sp³-hybridized carbons (Fsp3) is 0.0833. The van der Waals surface area contributed by atoms with Gasteiger partial charge in [-0.1, -0.05) is 54.1 Å². The third-order valence-corrected chi connectivity index (χ3v) is 5.68. The molecule has 0 saturated heterocycles. The van der Waals surface area contributed by atoms with Crippen molar-refractivity contribution in [2.24, 2.45) is 0 Å². The predicted octanol–water partition coefficient (Wildman–Crippen LogP) is 5.04. The minimum atomic E-state index is -0.591. The summed E-state index contributed by atoms with van der Waals surface area (Å²) in [7, 11) is 0. The van der Waals surface area contributed by atoms with E-state index in [1.165, 1.54) is 0 Å². The molecule has 3 rings (SSSR count). The molecule has 0 heterocycles. The van der Waals surface area contributed by atoms with Crippen LogP contribution in [0.2, 0.25) is 5.02 Å². The Kier molecular flexibility index (Phi) is 7.89. The highest BCUT2D eigenvalue weighted by atomic mass is 35.5. The number of hydroxylamine groups is 1. The van der Waals surface area contributed by atoms with Gasteiger partial charge in [0.05, 0.1) is 0 Å². The van der Waals surface area contributed by atoms with Crippen molar-refractivity contribution >= 4 is 46.8 Å². The number of carbonyl (C=O) groups is 2. The first-order valence-electron chi connectivity index (χ1n) is 9.44. The van der Waals surface area contributed by atoms with E-state index in [2.05, 4.69) is 5.32 Å². The van der Waals surface area contributed by atoms with Crippen LogP contribution in [-0.4, -0.2) is 23.3 Å². The van der Waals surface area contributed by atoms with Gasteiger partial charge < -0.3 is 5.32 Å². The van der Waals surface area contributed by atoms with E-state index in [0.29, 0.717) is 21.7 Å². The topological polar surface area (TPSA) is 78.4 Å². The van der Waals surface area contributed by atoms with Crippen molar-refractivity contribution in [1.29, 1.82) is 0 Å². The van der Waals surface area contributed by atoms with Gasteiger partial charge in [-0.15, -0.1) is 11.8 Å². The summed E-state index contributed by atoms with van der Waals surface area (Å²) in [6.45, 7) is 0.271. The third kappa shape index (κ3) is 5.98. The van der Waals surface area contributed by atoms with Crippen LogP contribution in [0.25, 0.3) is 11.6 Å². The molecule has 31 heavy (non-hydrogen) atoms. The Hall–Kier alpha value is -3.06. The van der Waals surface area contributed by atoms with Crippen molar-refractivity contribution in [2.45, 2.75) is 11.4 Å². The second-order valence-corrected chi connectivity index (χ2v) is 7.92. The van der Waals surface area contributed by atoms with Gasteiger partial charge in [0.25, 0.3) is 11.8 Å². The van der Waals surface area contributed by atoms with E-state index in [1.54, 1.807) is 47.6 Å². The lowest BCUT2D eigenvalue weighted by Crippen LogP contribution is -2.24. The summed E-state index contributed by atoms with van der Waals surface area (Å²) in [5.74, 6) is -0.855. The minimum absolute atomic E-state index is 0.265. The predicted molar refractivity (Wildman–Crippen MR) is 125 cm³/mol. The SMILES string of the molecule is CSc1ccc(C=C(C(=O)NCc2ccc(C(=O)NO)cc2)c2ccccc2Cl)cc1. The molecule has 0 aliphatic rings. The third-order valence-electron chi connectivity index (χ3n) is 4.61. The molecule has 0 aromatic heterocycles. The number of halogens is 1. The molecule has 0 radical (unpaired) electrons. The molecule has 2 amide bonds. The monoisotopic (exact) mass is 452 g/mol. The molecule has 0 unspecified atom stereocenters. The van der Waals surface area contributed by atoms with Gasteiger partial charge in [0.1, 0.15) is 0 Å².